The Kier molecular flexibility index (Phi) is 2.85. The van der Waals surface area contributed by atoms with Gasteiger partial charge in [0.05, 0.1) is 6.20 Å². The zero-order chi connectivity index (χ0) is 11.5. The van der Waals surface area contributed by atoms with E-state index >= 15 is 0 Å². The number of aryl methyl sites for hydroxylation is 2. The minimum Gasteiger partial charge on any atom is -0.487 e. The van der Waals surface area contributed by atoms with Crippen LogP contribution in [0.25, 0.3) is 0 Å². The molecule has 1 heterocycles. The van der Waals surface area contributed by atoms with E-state index in [1.165, 1.54) is 12.1 Å². The number of ether oxygens (including phenoxy) is 1. The quantitative estimate of drug-likeness (QED) is 0.794. The molecular formula is C11H12FN3O. The maximum atomic E-state index is 12.8. The number of benzene rings is 1. The van der Waals surface area contributed by atoms with Crippen molar-refractivity contribution in [3.8, 4) is 5.75 Å². The van der Waals surface area contributed by atoms with E-state index in [2.05, 4.69) is 10.3 Å². The third-order valence-electron chi connectivity index (χ3n) is 2.16. The van der Waals surface area contributed by atoms with Gasteiger partial charge in [-0.2, -0.15) is 0 Å². The van der Waals surface area contributed by atoms with Gasteiger partial charge in [0.15, 0.2) is 0 Å². The molecule has 16 heavy (non-hydrogen) atoms. The maximum absolute atomic E-state index is 12.8. The lowest BCUT2D eigenvalue weighted by atomic mass is 10.2. The number of hydrogen-bond acceptors (Lipinski definition) is 3. The van der Waals surface area contributed by atoms with Crippen molar-refractivity contribution in [1.29, 1.82) is 0 Å². The lowest BCUT2D eigenvalue weighted by molar-refractivity contribution is 0.298. The Bertz CT molecular complexity index is 496. The minimum atomic E-state index is -0.260. The summed E-state index contributed by atoms with van der Waals surface area (Å²) in [5.74, 6) is 0.399. The Morgan fingerprint density at radius 2 is 2.25 bits per heavy atom. The molecule has 0 spiro atoms. The first-order chi connectivity index (χ1) is 7.65. The van der Waals surface area contributed by atoms with E-state index < -0.39 is 0 Å². The van der Waals surface area contributed by atoms with Crippen LogP contribution in [0.1, 0.15) is 11.3 Å². The van der Waals surface area contributed by atoms with Crippen LogP contribution >= 0.6 is 0 Å². The molecule has 2 aromatic rings. The number of rotatable bonds is 3. The molecule has 0 aliphatic rings. The van der Waals surface area contributed by atoms with Crippen LogP contribution in [-0.4, -0.2) is 15.0 Å². The standard InChI is InChI=1S/C11H12FN3O/c1-8-5-9(12)3-4-11(8)16-7-10-6-15(2)14-13-10/h3-6H,7H2,1-2H3. The summed E-state index contributed by atoms with van der Waals surface area (Å²) < 4.78 is 19.9. The molecule has 1 aromatic carbocycles. The summed E-state index contributed by atoms with van der Waals surface area (Å²) in [6.45, 7) is 2.13. The molecule has 0 unspecified atom stereocenters. The van der Waals surface area contributed by atoms with Gasteiger partial charge in [-0.15, -0.1) is 5.10 Å². The van der Waals surface area contributed by atoms with Crippen LogP contribution in [0.4, 0.5) is 4.39 Å². The van der Waals surface area contributed by atoms with Crippen molar-refractivity contribution in [2.24, 2.45) is 7.05 Å². The summed E-state index contributed by atoms with van der Waals surface area (Å²) in [5.41, 5.74) is 1.51. The first-order valence-corrected chi connectivity index (χ1v) is 4.89. The van der Waals surface area contributed by atoms with Gasteiger partial charge < -0.3 is 4.74 Å². The Hall–Kier alpha value is -1.91. The van der Waals surface area contributed by atoms with Crippen LogP contribution in [0.5, 0.6) is 5.75 Å². The highest BCUT2D eigenvalue weighted by atomic mass is 19.1. The molecule has 0 N–H and O–H groups in total. The number of halogens is 1. The van der Waals surface area contributed by atoms with Gasteiger partial charge in [-0.25, -0.2) is 4.39 Å². The molecule has 0 aliphatic carbocycles. The molecule has 0 atom stereocenters. The Morgan fingerprint density at radius 3 is 2.88 bits per heavy atom. The van der Waals surface area contributed by atoms with Crippen molar-refractivity contribution in [2.45, 2.75) is 13.5 Å². The zero-order valence-electron chi connectivity index (χ0n) is 9.14. The van der Waals surface area contributed by atoms with E-state index in [1.54, 1.807) is 30.9 Å². The van der Waals surface area contributed by atoms with Crippen molar-refractivity contribution in [2.75, 3.05) is 0 Å². The van der Waals surface area contributed by atoms with E-state index in [9.17, 15) is 4.39 Å². The van der Waals surface area contributed by atoms with Crippen LogP contribution in [0.3, 0.4) is 0 Å². The topological polar surface area (TPSA) is 39.9 Å². The SMILES string of the molecule is Cc1cc(F)ccc1OCc1cn(C)nn1. The maximum Gasteiger partial charge on any atom is 0.134 e. The summed E-state index contributed by atoms with van der Waals surface area (Å²) >= 11 is 0. The first-order valence-electron chi connectivity index (χ1n) is 4.89. The lowest BCUT2D eigenvalue weighted by Crippen LogP contribution is -1.97. The van der Waals surface area contributed by atoms with E-state index in [0.717, 1.165) is 11.3 Å². The van der Waals surface area contributed by atoms with Crippen LogP contribution in [0.15, 0.2) is 24.4 Å². The molecule has 84 valence electrons. The highest BCUT2D eigenvalue weighted by molar-refractivity contribution is 5.32. The number of aromatic nitrogens is 3. The zero-order valence-corrected chi connectivity index (χ0v) is 9.14. The van der Waals surface area contributed by atoms with Gasteiger partial charge in [0.2, 0.25) is 0 Å². The van der Waals surface area contributed by atoms with Crippen molar-refractivity contribution in [3.05, 3.63) is 41.5 Å². The van der Waals surface area contributed by atoms with Crippen molar-refractivity contribution >= 4 is 0 Å². The number of nitrogens with zero attached hydrogens (tertiary/aromatic N) is 3. The summed E-state index contributed by atoms with van der Waals surface area (Å²) in [6.07, 6.45) is 1.78. The normalized spacial score (nSPS) is 10.4. The summed E-state index contributed by atoms with van der Waals surface area (Å²) in [5, 5.41) is 7.68. The minimum absolute atomic E-state index is 0.260. The predicted octanol–water partition coefficient (Wildman–Crippen LogP) is 1.84. The largest absolute Gasteiger partial charge is 0.487 e. The second-order valence-electron chi connectivity index (χ2n) is 3.58. The van der Waals surface area contributed by atoms with Gasteiger partial charge in [-0.05, 0) is 30.7 Å². The molecule has 2 rings (SSSR count). The van der Waals surface area contributed by atoms with Gasteiger partial charge in [-0.3, -0.25) is 4.68 Å². The molecule has 0 amide bonds. The van der Waals surface area contributed by atoms with E-state index in [1.807, 2.05) is 0 Å². The van der Waals surface area contributed by atoms with Gasteiger partial charge in [0, 0.05) is 7.05 Å². The van der Waals surface area contributed by atoms with Crippen LogP contribution in [-0.2, 0) is 13.7 Å². The third kappa shape index (κ3) is 2.36. The molecule has 1 aromatic heterocycles. The molecule has 0 bridgehead atoms. The second-order valence-corrected chi connectivity index (χ2v) is 3.58. The fourth-order valence-electron chi connectivity index (χ4n) is 1.39. The summed E-state index contributed by atoms with van der Waals surface area (Å²) in [6, 6.07) is 4.42. The molecule has 0 radical (unpaired) electrons. The Morgan fingerprint density at radius 1 is 1.44 bits per heavy atom. The van der Waals surface area contributed by atoms with Crippen LogP contribution < -0.4 is 4.74 Å². The molecule has 4 nitrogen and oxygen atoms in total. The Balaban J connectivity index is 2.04. The van der Waals surface area contributed by atoms with Crippen LogP contribution in [0, 0.1) is 12.7 Å². The monoisotopic (exact) mass is 221 g/mol. The first kappa shape index (κ1) is 10.6. The molecule has 0 fully saturated rings. The highest BCUT2D eigenvalue weighted by Crippen LogP contribution is 2.19. The van der Waals surface area contributed by atoms with Gasteiger partial charge in [0.25, 0.3) is 0 Å². The molecule has 0 saturated carbocycles. The van der Waals surface area contributed by atoms with E-state index in [-0.39, 0.29) is 5.82 Å². The summed E-state index contributed by atoms with van der Waals surface area (Å²) in [7, 11) is 1.79. The molecular weight excluding hydrogens is 209 g/mol. The molecule has 0 aliphatic heterocycles. The fraction of sp³-hybridized carbons (Fsp3) is 0.273. The average Bonchev–Trinajstić information content (AvgIpc) is 2.63. The smallest absolute Gasteiger partial charge is 0.134 e. The van der Waals surface area contributed by atoms with Gasteiger partial charge in [-0.1, -0.05) is 5.21 Å². The van der Waals surface area contributed by atoms with Crippen LogP contribution in [0.2, 0.25) is 0 Å². The van der Waals surface area contributed by atoms with Crippen molar-refractivity contribution in [3.63, 3.8) is 0 Å². The second kappa shape index (κ2) is 4.30. The fourth-order valence-corrected chi connectivity index (χ4v) is 1.39. The highest BCUT2D eigenvalue weighted by Gasteiger charge is 2.03. The number of hydrogen-bond donors (Lipinski definition) is 0. The predicted molar refractivity (Wildman–Crippen MR) is 56.5 cm³/mol. The Labute approximate surface area is 92.7 Å². The van der Waals surface area contributed by atoms with Gasteiger partial charge >= 0.3 is 0 Å². The average molecular weight is 221 g/mol. The lowest BCUT2D eigenvalue weighted by Gasteiger charge is -2.06. The molecule has 5 heteroatoms. The molecule has 0 saturated heterocycles. The summed E-state index contributed by atoms with van der Waals surface area (Å²) in [4.78, 5) is 0. The van der Waals surface area contributed by atoms with Crippen molar-refractivity contribution < 1.29 is 9.13 Å². The van der Waals surface area contributed by atoms with E-state index in [4.69, 9.17) is 4.74 Å². The van der Waals surface area contributed by atoms with E-state index in [0.29, 0.717) is 12.4 Å². The third-order valence-corrected chi connectivity index (χ3v) is 2.16. The van der Waals surface area contributed by atoms with Crippen molar-refractivity contribution in [1.82, 2.24) is 15.0 Å². The van der Waals surface area contributed by atoms with Gasteiger partial charge in [0.1, 0.15) is 23.9 Å².